The first-order valence-corrected chi connectivity index (χ1v) is 4.12. The first-order valence-electron chi connectivity index (χ1n) is 4.12. The molecule has 0 bridgehead atoms. The van der Waals surface area contributed by atoms with Crippen molar-refractivity contribution in [3.8, 4) is 0 Å². The van der Waals surface area contributed by atoms with Crippen molar-refractivity contribution >= 4 is 17.1 Å². The van der Waals surface area contributed by atoms with Gasteiger partial charge in [0.25, 0.3) is 0 Å². The summed E-state index contributed by atoms with van der Waals surface area (Å²) in [6.07, 6.45) is 3.35. The predicted octanol–water partition coefficient (Wildman–Crippen LogP) is 0.370. The summed E-state index contributed by atoms with van der Waals surface area (Å²) in [6.45, 7) is 0. The molecule has 0 saturated heterocycles. The number of rotatable bonds is 3. The second kappa shape index (κ2) is 3.41. The Morgan fingerprint density at radius 3 is 3.07 bits per heavy atom. The molecular formula is C8H8N4O2. The Labute approximate surface area is 79.0 Å². The maximum atomic E-state index is 10.4. The number of fused-ring (bicyclic) bond motifs is 1. The number of aromatic amines is 1. The first kappa shape index (κ1) is 8.61. The smallest absolute Gasteiger partial charge is 0.303 e. The molecule has 0 aliphatic rings. The maximum absolute atomic E-state index is 10.4. The van der Waals surface area contributed by atoms with Gasteiger partial charge in [-0.05, 0) is 0 Å². The molecule has 0 aliphatic carbocycles. The van der Waals surface area contributed by atoms with Crippen LogP contribution in [-0.4, -0.2) is 31.0 Å². The van der Waals surface area contributed by atoms with E-state index in [0.29, 0.717) is 23.3 Å². The lowest BCUT2D eigenvalue weighted by Crippen LogP contribution is -2.00. The highest BCUT2D eigenvalue weighted by molar-refractivity contribution is 5.73. The first-order chi connectivity index (χ1) is 6.77. The molecule has 2 heterocycles. The summed E-state index contributed by atoms with van der Waals surface area (Å²) in [7, 11) is 0. The van der Waals surface area contributed by atoms with Crippen LogP contribution in [0.5, 0.6) is 0 Å². The number of hydrogen-bond donors (Lipinski definition) is 2. The summed E-state index contributed by atoms with van der Waals surface area (Å²) in [5.74, 6) is -0.837. The third kappa shape index (κ3) is 1.54. The van der Waals surface area contributed by atoms with Crippen LogP contribution < -0.4 is 0 Å². The van der Waals surface area contributed by atoms with Crippen molar-refractivity contribution in [2.45, 2.75) is 12.8 Å². The van der Waals surface area contributed by atoms with E-state index in [0.717, 1.165) is 0 Å². The Bertz CT molecular complexity index is 465. The van der Waals surface area contributed by atoms with Crippen molar-refractivity contribution < 1.29 is 9.90 Å². The Morgan fingerprint density at radius 1 is 1.43 bits per heavy atom. The summed E-state index contributed by atoms with van der Waals surface area (Å²) < 4.78 is 0. The third-order valence-electron chi connectivity index (χ3n) is 1.88. The van der Waals surface area contributed by atoms with Gasteiger partial charge in [0.05, 0.1) is 18.4 Å². The quantitative estimate of drug-likeness (QED) is 0.732. The van der Waals surface area contributed by atoms with E-state index >= 15 is 0 Å². The molecule has 0 atom stereocenters. The molecule has 0 amide bonds. The van der Waals surface area contributed by atoms with Crippen LogP contribution in [0.1, 0.15) is 12.1 Å². The standard InChI is InChI=1S/C8H8N4O2/c13-6(14)2-1-5-7-8(11-3-9-5)12-4-10-7/h3-4H,1-2H2,(H,13,14)(H,9,10,11,12). The average Bonchev–Trinajstić information content (AvgIpc) is 2.62. The van der Waals surface area contributed by atoms with Crippen molar-refractivity contribution in [3.63, 3.8) is 0 Å². The molecule has 14 heavy (non-hydrogen) atoms. The third-order valence-corrected chi connectivity index (χ3v) is 1.88. The van der Waals surface area contributed by atoms with Crippen LogP contribution in [0.2, 0.25) is 0 Å². The number of aryl methyl sites for hydroxylation is 1. The van der Waals surface area contributed by atoms with Gasteiger partial charge in [0, 0.05) is 6.42 Å². The highest BCUT2D eigenvalue weighted by Gasteiger charge is 2.07. The van der Waals surface area contributed by atoms with Gasteiger partial charge in [-0.15, -0.1) is 0 Å². The minimum atomic E-state index is -0.837. The lowest BCUT2D eigenvalue weighted by molar-refractivity contribution is -0.136. The molecular weight excluding hydrogens is 184 g/mol. The zero-order chi connectivity index (χ0) is 9.97. The molecule has 0 aliphatic heterocycles. The van der Waals surface area contributed by atoms with Gasteiger partial charge in [0.15, 0.2) is 5.65 Å². The fourth-order valence-electron chi connectivity index (χ4n) is 1.23. The summed E-state index contributed by atoms with van der Waals surface area (Å²) >= 11 is 0. The van der Waals surface area contributed by atoms with Gasteiger partial charge in [-0.2, -0.15) is 0 Å². The van der Waals surface area contributed by atoms with Crippen molar-refractivity contribution in [1.82, 2.24) is 19.9 Å². The van der Waals surface area contributed by atoms with Crippen molar-refractivity contribution in [2.24, 2.45) is 0 Å². The zero-order valence-electron chi connectivity index (χ0n) is 7.27. The van der Waals surface area contributed by atoms with Gasteiger partial charge < -0.3 is 10.1 Å². The van der Waals surface area contributed by atoms with E-state index in [1.165, 1.54) is 12.7 Å². The molecule has 2 N–H and O–H groups in total. The van der Waals surface area contributed by atoms with Gasteiger partial charge >= 0.3 is 5.97 Å². The predicted molar refractivity (Wildman–Crippen MR) is 47.6 cm³/mol. The topological polar surface area (TPSA) is 91.8 Å². The van der Waals surface area contributed by atoms with Crippen molar-refractivity contribution in [1.29, 1.82) is 0 Å². The summed E-state index contributed by atoms with van der Waals surface area (Å²) in [4.78, 5) is 25.1. The molecule has 0 fully saturated rings. The largest absolute Gasteiger partial charge is 0.481 e. The van der Waals surface area contributed by atoms with E-state index < -0.39 is 5.97 Å². The van der Waals surface area contributed by atoms with Crippen LogP contribution in [0.4, 0.5) is 0 Å². The molecule has 2 rings (SSSR count). The lowest BCUT2D eigenvalue weighted by Gasteiger charge is -1.97. The maximum Gasteiger partial charge on any atom is 0.303 e. The van der Waals surface area contributed by atoms with E-state index in [9.17, 15) is 4.79 Å². The Kier molecular flexibility index (Phi) is 2.10. The molecule has 72 valence electrons. The number of aromatic nitrogens is 4. The number of carbonyl (C=O) groups is 1. The van der Waals surface area contributed by atoms with Crippen LogP contribution >= 0.6 is 0 Å². The average molecular weight is 192 g/mol. The summed E-state index contributed by atoms with van der Waals surface area (Å²) in [5.41, 5.74) is 1.98. The lowest BCUT2D eigenvalue weighted by atomic mass is 10.2. The fraction of sp³-hybridized carbons (Fsp3) is 0.250. The number of hydrogen-bond acceptors (Lipinski definition) is 4. The SMILES string of the molecule is O=C(O)CCc1ncnc2nc[nH]c12. The van der Waals surface area contributed by atoms with Gasteiger partial charge in [0.2, 0.25) is 0 Å². The van der Waals surface area contributed by atoms with Crippen molar-refractivity contribution in [2.75, 3.05) is 0 Å². The van der Waals surface area contributed by atoms with E-state index in [1.807, 2.05) is 0 Å². The normalized spacial score (nSPS) is 10.6. The number of nitrogens with one attached hydrogen (secondary N) is 1. The second-order valence-electron chi connectivity index (χ2n) is 2.82. The van der Waals surface area contributed by atoms with Gasteiger partial charge in [-0.1, -0.05) is 0 Å². The molecule has 0 spiro atoms. The number of nitrogens with zero attached hydrogens (tertiary/aromatic N) is 3. The number of carboxylic acid groups (broad SMARTS) is 1. The Hall–Kier alpha value is -1.98. The van der Waals surface area contributed by atoms with E-state index in [4.69, 9.17) is 5.11 Å². The number of carboxylic acids is 1. The molecule has 2 aromatic heterocycles. The van der Waals surface area contributed by atoms with Crippen LogP contribution in [-0.2, 0) is 11.2 Å². The molecule has 2 aromatic rings. The number of imidazole rings is 1. The van der Waals surface area contributed by atoms with Crippen LogP contribution in [0.3, 0.4) is 0 Å². The Morgan fingerprint density at radius 2 is 2.29 bits per heavy atom. The molecule has 0 unspecified atom stereocenters. The number of H-pyrrole nitrogens is 1. The summed E-state index contributed by atoms with van der Waals surface area (Å²) in [5, 5.41) is 8.53. The molecule has 6 nitrogen and oxygen atoms in total. The van der Waals surface area contributed by atoms with Gasteiger partial charge in [0.1, 0.15) is 11.8 Å². The molecule has 0 aromatic carbocycles. The fourth-order valence-corrected chi connectivity index (χ4v) is 1.23. The summed E-state index contributed by atoms with van der Waals surface area (Å²) in [6, 6.07) is 0. The molecule has 6 heteroatoms. The van der Waals surface area contributed by atoms with Crippen molar-refractivity contribution in [3.05, 3.63) is 18.3 Å². The Balaban J connectivity index is 2.32. The monoisotopic (exact) mass is 192 g/mol. The van der Waals surface area contributed by atoms with E-state index in [2.05, 4.69) is 19.9 Å². The molecule has 0 saturated carbocycles. The van der Waals surface area contributed by atoms with E-state index in [1.54, 1.807) is 0 Å². The van der Waals surface area contributed by atoms with Crippen LogP contribution in [0.15, 0.2) is 12.7 Å². The minimum absolute atomic E-state index is 0.0606. The zero-order valence-corrected chi connectivity index (χ0v) is 7.27. The van der Waals surface area contributed by atoms with Crippen LogP contribution in [0.25, 0.3) is 11.2 Å². The second-order valence-corrected chi connectivity index (χ2v) is 2.82. The van der Waals surface area contributed by atoms with E-state index in [-0.39, 0.29) is 6.42 Å². The number of aliphatic carboxylic acids is 1. The van der Waals surface area contributed by atoms with Crippen LogP contribution in [0, 0.1) is 0 Å². The van der Waals surface area contributed by atoms with Gasteiger partial charge in [-0.3, -0.25) is 4.79 Å². The van der Waals surface area contributed by atoms with Gasteiger partial charge in [-0.25, -0.2) is 15.0 Å². The highest BCUT2D eigenvalue weighted by Crippen LogP contribution is 2.10. The molecule has 0 radical (unpaired) electrons. The highest BCUT2D eigenvalue weighted by atomic mass is 16.4. The minimum Gasteiger partial charge on any atom is -0.481 e.